The Balaban J connectivity index is 1.69. The van der Waals surface area contributed by atoms with Gasteiger partial charge in [0.1, 0.15) is 0 Å². The number of nitrogens with one attached hydrogen (secondary N) is 1. The van der Waals surface area contributed by atoms with Crippen LogP contribution in [0, 0.1) is 0 Å². The SMILES string of the molecule is CN1c2ccc(Cl)cc2CC1CN1CCNCC1. The van der Waals surface area contributed by atoms with Gasteiger partial charge in [0.15, 0.2) is 0 Å². The molecule has 3 nitrogen and oxygen atoms in total. The van der Waals surface area contributed by atoms with Crippen molar-refractivity contribution in [3.63, 3.8) is 0 Å². The summed E-state index contributed by atoms with van der Waals surface area (Å²) in [4.78, 5) is 4.97. The van der Waals surface area contributed by atoms with Crippen molar-refractivity contribution < 1.29 is 0 Å². The highest BCUT2D eigenvalue weighted by Gasteiger charge is 2.28. The molecule has 0 bridgehead atoms. The van der Waals surface area contributed by atoms with Crippen LogP contribution >= 0.6 is 11.6 Å². The molecule has 2 aliphatic rings. The summed E-state index contributed by atoms with van der Waals surface area (Å²) in [6, 6.07) is 6.85. The van der Waals surface area contributed by atoms with Crippen LogP contribution in [0.15, 0.2) is 18.2 Å². The maximum absolute atomic E-state index is 6.07. The summed E-state index contributed by atoms with van der Waals surface area (Å²) < 4.78 is 0. The molecule has 2 heterocycles. The zero-order chi connectivity index (χ0) is 12.5. The summed E-state index contributed by atoms with van der Waals surface area (Å²) in [6.07, 6.45) is 1.12. The zero-order valence-electron chi connectivity index (χ0n) is 10.8. The van der Waals surface area contributed by atoms with E-state index in [2.05, 4.69) is 34.3 Å². The molecule has 0 saturated carbocycles. The van der Waals surface area contributed by atoms with Crippen molar-refractivity contribution in [2.75, 3.05) is 44.7 Å². The topological polar surface area (TPSA) is 18.5 Å². The molecule has 1 unspecified atom stereocenters. The molecule has 1 aromatic carbocycles. The zero-order valence-corrected chi connectivity index (χ0v) is 11.6. The number of hydrogen-bond donors (Lipinski definition) is 1. The van der Waals surface area contributed by atoms with E-state index < -0.39 is 0 Å². The predicted octanol–water partition coefficient (Wildman–Crippen LogP) is 1.61. The quantitative estimate of drug-likeness (QED) is 0.877. The summed E-state index contributed by atoms with van der Waals surface area (Å²) in [5.74, 6) is 0. The molecule has 0 radical (unpaired) electrons. The molecule has 18 heavy (non-hydrogen) atoms. The number of piperazine rings is 1. The summed E-state index contributed by atoms with van der Waals surface area (Å²) in [5, 5.41) is 4.25. The third-order valence-corrected chi connectivity index (χ3v) is 4.34. The summed E-state index contributed by atoms with van der Waals surface area (Å²) in [7, 11) is 2.20. The first-order valence-corrected chi connectivity index (χ1v) is 7.06. The fraction of sp³-hybridized carbons (Fsp3) is 0.571. The molecule has 3 rings (SSSR count). The largest absolute Gasteiger partial charge is 0.370 e. The molecule has 1 atom stereocenters. The van der Waals surface area contributed by atoms with E-state index in [4.69, 9.17) is 11.6 Å². The van der Waals surface area contributed by atoms with Gasteiger partial charge in [0.05, 0.1) is 0 Å². The van der Waals surface area contributed by atoms with Gasteiger partial charge < -0.3 is 10.2 Å². The van der Waals surface area contributed by atoms with Crippen LogP contribution in [-0.2, 0) is 6.42 Å². The first-order valence-electron chi connectivity index (χ1n) is 6.68. The van der Waals surface area contributed by atoms with Crippen LogP contribution < -0.4 is 10.2 Å². The second kappa shape index (κ2) is 5.08. The Morgan fingerprint density at radius 1 is 1.33 bits per heavy atom. The highest BCUT2D eigenvalue weighted by molar-refractivity contribution is 6.30. The average molecular weight is 266 g/mol. The standard InChI is InChI=1S/C14H20ClN3/c1-17-13(10-18-6-4-16-5-7-18)9-11-8-12(15)2-3-14(11)17/h2-3,8,13,16H,4-7,9-10H2,1H3. The van der Waals surface area contributed by atoms with E-state index >= 15 is 0 Å². The van der Waals surface area contributed by atoms with E-state index in [-0.39, 0.29) is 0 Å². The van der Waals surface area contributed by atoms with Crippen LogP contribution in [0.3, 0.4) is 0 Å². The smallest absolute Gasteiger partial charge is 0.0455 e. The minimum atomic E-state index is 0.594. The second-order valence-electron chi connectivity index (χ2n) is 5.29. The van der Waals surface area contributed by atoms with Gasteiger partial charge in [0.2, 0.25) is 0 Å². The first-order chi connectivity index (χ1) is 8.74. The lowest BCUT2D eigenvalue weighted by molar-refractivity contribution is 0.227. The maximum atomic E-state index is 6.07. The minimum Gasteiger partial charge on any atom is -0.370 e. The van der Waals surface area contributed by atoms with Crippen molar-refractivity contribution >= 4 is 17.3 Å². The lowest BCUT2D eigenvalue weighted by Crippen LogP contribution is -2.48. The number of benzene rings is 1. The predicted molar refractivity (Wildman–Crippen MR) is 76.7 cm³/mol. The van der Waals surface area contributed by atoms with E-state index in [0.29, 0.717) is 6.04 Å². The molecule has 4 heteroatoms. The van der Waals surface area contributed by atoms with Crippen molar-refractivity contribution in [2.24, 2.45) is 0 Å². The molecule has 1 N–H and O–H groups in total. The van der Waals surface area contributed by atoms with Crippen LogP contribution in [0.5, 0.6) is 0 Å². The molecular formula is C14H20ClN3. The fourth-order valence-corrected chi connectivity index (χ4v) is 3.22. The molecule has 2 aliphatic heterocycles. The van der Waals surface area contributed by atoms with Crippen molar-refractivity contribution in [3.05, 3.63) is 28.8 Å². The van der Waals surface area contributed by atoms with Gasteiger partial charge in [0.25, 0.3) is 0 Å². The second-order valence-corrected chi connectivity index (χ2v) is 5.73. The molecule has 0 aromatic heterocycles. The number of likely N-dealkylation sites (N-methyl/N-ethyl adjacent to an activating group) is 1. The van der Waals surface area contributed by atoms with Gasteiger partial charge in [-0.3, -0.25) is 4.90 Å². The fourth-order valence-electron chi connectivity index (χ4n) is 3.03. The Labute approximate surface area is 114 Å². The number of fused-ring (bicyclic) bond motifs is 1. The third kappa shape index (κ3) is 2.35. The van der Waals surface area contributed by atoms with Gasteiger partial charge in [-0.1, -0.05) is 11.6 Å². The molecule has 98 valence electrons. The van der Waals surface area contributed by atoms with E-state index in [1.54, 1.807) is 0 Å². The molecule has 1 aromatic rings. The van der Waals surface area contributed by atoms with Crippen LogP contribution in [0.2, 0.25) is 5.02 Å². The van der Waals surface area contributed by atoms with Gasteiger partial charge >= 0.3 is 0 Å². The highest BCUT2D eigenvalue weighted by Crippen LogP contribution is 2.33. The number of anilines is 1. The van der Waals surface area contributed by atoms with E-state index in [9.17, 15) is 0 Å². The van der Waals surface area contributed by atoms with Gasteiger partial charge in [-0.25, -0.2) is 0 Å². The number of halogens is 1. The van der Waals surface area contributed by atoms with Crippen LogP contribution in [0.4, 0.5) is 5.69 Å². The number of hydrogen-bond acceptors (Lipinski definition) is 3. The maximum Gasteiger partial charge on any atom is 0.0455 e. The van der Waals surface area contributed by atoms with Gasteiger partial charge in [0, 0.05) is 56.5 Å². The number of nitrogens with zero attached hydrogens (tertiary/aromatic N) is 2. The van der Waals surface area contributed by atoms with Gasteiger partial charge in [-0.05, 0) is 30.2 Å². The lowest BCUT2D eigenvalue weighted by atomic mass is 10.1. The molecule has 0 aliphatic carbocycles. The Morgan fingerprint density at radius 2 is 2.11 bits per heavy atom. The number of rotatable bonds is 2. The van der Waals surface area contributed by atoms with Crippen molar-refractivity contribution in [2.45, 2.75) is 12.5 Å². The summed E-state index contributed by atoms with van der Waals surface area (Å²) in [6.45, 7) is 5.73. The lowest BCUT2D eigenvalue weighted by Gasteiger charge is -2.32. The van der Waals surface area contributed by atoms with Crippen LogP contribution in [0.25, 0.3) is 0 Å². The van der Waals surface area contributed by atoms with Crippen molar-refractivity contribution in [3.8, 4) is 0 Å². The monoisotopic (exact) mass is 265 g/mol. The Kier molecular flexibility index (Phi) is 3.46. The van der Waals surface area contributed by atoms with E-state index in [1.807, 2.05) is 6.07 Å². The molecular weight excluding hydrogens is 246 g/mol. The van der Waals surface area contributed by atoms with Gasteiger partial charge in [-0.15, -0.1) is 0 Å². The average Bonchev–Trinajstić information content (AvgIpc) is 2.67. The Hall–Kier alpha value is -0.770. The first kappa shape index (κ1) is 12.3. The summed E-state index contributed by atoms with van der Waals surface area (Å²) >= 11 is 6.07. The highest BCUT2D eigenvalue weighted by atomic mass is 35.5. The summed E-state index contributed by atoms with van der Waals surface area (Å²) in [5.41, 5.74) is 2.74. The normalized spacial score (nSPS) is 24.3. The molecule has 0 spiro atoms. The van der Waals surface area contributed by atoms with Crippen LogP contribution in [-0.4, -0.2) is 50.7 Å². The molecule has 1 fully saturated rings. The van der Waals surface area contributed by atoms with Crippen molar-refractivity contribution in [1.82, 2.24) is 10.2 Å². The van der Waals surface area contributed by atoms with E-state index in [1.165, 1.54) is 24.3 Å². The van der Waals surface area contributed by atoms with Gasteiger partial charge in [-0.2, -0.15) is 0 Å². The third-order valence-electron chi connectivity index (χ3n) is 4.10. The van der Waals surface area contributed by atoms with E-state index in [0.717, 1.165) is 31.1 Å². The Morgan fingerprint density at radius 3 is 2.89 bits per heavy atom. The Bertz CT molecular complexity index is 429. The van der Waals surface area contributed by atoms with Crippen LogP contribution in [0.1, 0.15) is 5.56 Å². The molecule has 1 saturated heterocycles. The minimum absolute atomic E-state index is 0.594. The molecule has 0 amide bonds. The van der Waals surface area contributed by atoms with Crippen molar-refractivity contribution in [1.29, 1.82) is 0 Å².